The second kappa shape index (κ2) is 11.4. The van der Waals surface area contributed by atoms with Crippen molar-refractivity contribution in [3.63, 3.8) is 0 Å². The minimum absolute atomic E-state index is 0.0538. The summed E-state index contributed by atoms with van der Waals surface area (Å²) in [6.45, 7) is 7.39. The Balaban J connectivity index is 1.45. The van der Waals surface area contributed by atoms with Crippen LogP contribution in [0.2, 0.25) is 0 Å². The van der Waals surface area contributed by atoms with Crippen LogP contribution in [-0.4, -0.2) is 51.6 Å². The van der Waals surface area contributed by atoms with Gasteiger partial charge in [0.2, 0.25) is 5.95 Å². The Morgan fingerprint density at radius 1 is 1.11 bits per heavy atom. The smallest absolute Gasteiger partial charge is 0.330 e. The molecule has 4 heterocycles. The minimum Gasteiger partial charge on any atom is -0.330 e. The standard InChI is InChI=1S/C31H28BrF3N8O2/c1-5-21-12-17(3)43(39-21)30-36-26-15-41(28(44)20-8-11-25(32)24(14-20)31(33,34)35)16(2)13-23(26)29(45)42(30)22-9-6-19(7-10-22)27-18(4)37-40-38-27/h6-12,14,16H,5,13,15H2,1-4H3,(H,37,38,40). The first-order valence-corrected chi connectivity index (χ1v) is 15.0. The lowest BCUT2D eigenvalue weighted by atomic mass is 9.98. The highest BCUT2D eigenvalue weighted by molar-refractivity contribution is 9.10. The van der Waals surface area contributed by atoms with Crippen molar-refractivity contribution in [3.05, 3.63) is 103 Å². The number of halogens is 4. The number of rotatable bonds is 5. The van der Waals surface area contributed by atoms with Crippen molar-refractivity contribution >= 4 is 21.8 Å². The van der Waals surface area contributed by atoms with E-state index in [2.05, 4.69) is 36.4 Å². The number of carbonyl (C=O) groups excluding carboxylic acids is 1. The Labute approximate surface area is 264 Å². The third-order valence-corrected chi connectivity index (χ3v) is 8.69. The quantitative estimate of drug-likeness (QED) is 0.253. The fraction of sp³-hybridized carbons (Fsp3) is 0.290. The lowest BCUT2D eigenvalue weighted by Crippen LogP contribution is -2.46. The molecule has 1 unspecified atom stereocenters. The first kappa shape index (κ1) is 30.4. The zero-order valence-electron chi connectivity index (χ0n) is 24.8. The zero-order valence-corrected chi connectivity index (χ0v) is 26.4. The average molecular weight is 682 g/mol. The predicted octanol–water partition coefficient (Wildman–Crippen LogP) is 5.75. The summed E-state index contributed by atoms with van der Waals surface area (Å²) in [4.78, 5) is 34.2. The van der Waals surface area contributed by atoms with Crippen molar-refractivity contribution in [1.29, 1.82) is 0 Å². The molecule has 10 nitrogen and oxygen atoms in total. The highest BCUT2D eigenvalue weighted by Gasteiger charge is 2.36. The first-order chi connectivity index (χ1) is 21.4. The van der Waals surface area contributed by atoms with Crippen molar-refractivity contribution < 1.29 is 18.0 Å². The summed E-state index contributed by atoms with van der Waals surface area (Å²) in [7, 11) is 0. The van der Waals surface area contributed by atoms with E-state index in [-0.39, 0.29) is 34.5 Å². The van der Waals surface area contributed by atoms with Gasteiger partial charge in [0.15, 0.2) is 0 Å². The largest absolute Gasteiger partial charge is 0.417 e. The van der Waals surface area contributed by atoms with Crippen molar-refractivity contribution in [2.24, 2.45) is 0 Å². The molecule has 1 aliphatic rings. The van der Waals surface area contributed by atoms with E-state index in [1.165, 1.54) is 21.6 Å². The summed E-state index contributed by atoms with van der Waals surface area (Å²) in [5, 5.41) is 15.4. The summed E-state index contributed by atoms with van der Waals surface area (Å²) in [5.74, 6) is -0.338. The van der Waals surface area contributed by atoms with Gasteiger partial charge in [-0.2, -0.15) is 18.3 Å². The maximum Gasteiger partial charge on any atom is 0.417 e. The van der Waals surface area contributed by atoms with Gasteiger partial charge in [-0.3, -0.25) is 14.7 Å². The van der Waals surface area contributed by atoms with E-state index in [9.17, 15) is 22.8 Å². The topological polar surface area (TPSA) is 115 Å². The molecule has 0 saturated carbocycles. The van der Waals surface area contributed by atoms with Crippen LogP contribution in [-0.2, 0) is 25.6 Å². The van der Waals surface area contributed by atoms with Crippen molar-refractivity contribution in [3.8, 4) is 22.9 Å². The van der Waals surface area contributed by atoms with Gasteiger partial charge in [0.05, 0.1) is 40.6 Å². The van der Waals surface area contributed by atoms with Crippen LogP contribution in [0.15, 0.2) is 57.8 Å². The van der Waals surface area contributed by atoms with E-state index in [0.717, 1.165) is 34.4 Å². The number of hydrogen-bond donors (Lipinski definition) is 1. The fourth-order valence-corrected chi connectivity index (χ4v) is 6.05. The van der Waals surface area contributed by atoms with Crippen molar-refractivity contribution in [2.75, 3.05) is 0 Å². The van der Waals surface area contributed by atoms with Gasteiger partial charge in [0, 0.05) is 32.9 Å². The van der Waals surface area contributed by atoms with Crippen LogP contribution in [0.3, 0.4) is 0 Å². The first-order valence-electron chi connectivity index (χ1n) is 14.2. The summed E-state index contributed by atoms with van der Waals surface area (Å²) in [6, 6.07) is 12.2. The van der Waals surface area contributed by atoms with E-state index in [0.29, 0.717) is 23.4 Å². The van der Waals surface area contributed by atoms with Crippen LogP contribution >= 0.6 is 15.9 Å². The molecule has 0 spiro atoms. The van der Waals surface area contributed by atoms with Gasteiger partial charge in [0.1, 0.15) is 0 Å². The van der Waals surface area contributed by atoms with Crippen LogP contribution in [0.4, 0.5) is 13.2 Å². The molecule has 3 aromatic heterocycles. The van der Waals surface area contributed by atoms with Crippen LogP contribution in [0.25, 0.3) is 22.9 Å². The Morgan fingerprint density at radius 2 is 1.84 bits per heavy atom. The lowest BCUT2D eigenvalue weighted by Gasteiger charge is -2.34. The van der Waals surface area contributed by atoms with Crippen molar-refractivity contribution in [1.82, 2.24) is 39.6 Å². The normalized spacial score (nSPS) is 14.9. The number of carbonyl (C=O) groups is 1. The summed E-state index contributed by atoms with van der Waals surface area (Å²) in [6.07, 6.45) is -3.80. The molecule has 0 bridgehead atoms. The van der Waals surface area contributed by atoms with Gasteiger partial charge in [-0.15, -0.1) is 5.10 Å². The minimum atomic E-state index is -4.64. The molecule has 1 amide bonds. The number of hydrogen-bond acceptors (Lipinski definition) is 6. The third-order valence-electron chi connectivity index (χ3n) is 8.00. The van der Waals surface area contributed by atoms with Crippen LogP contribution < -0.4 is 5.56 Å². The molecule has 0 aliphatic carbocycles. The SMILES string of the molecule is CCc1cc(C)n(-c2nc3c(c(=O)n2-c2ccc(-c4[nH]nnc4C)cc2)CC(C)N(C(=O)c2ccc(Br)c(C(F)(F)F)c2)C3)n1. The number of H-pyrrole nitrogens is 1. The van der Waals surface area contributed by atoms with E-state index in [1.807, 2.05) is 51.1 Å². The molecule has 14 heteroatoms. The molecule has 232 valence electrons. The van der Waals surface area contributed by atoms with Gasteiger partial charge < -0.3 is 4.90 Å². The Kier molecular flexibility index (Phi) is 7.71. The van der Waals surface area contributed by atoms with Crippen LogP contribution in [0.5, 0.6) is 0 Å². The van der Waals surface area contributed by atoms with Crippen molar-refractivity contribution in [2.45, 2.75) is 59.3 Å². The van der Waals surface area contributed by atoms with Crippen LogP contribution in [0.1, 0.15) is 58.1 Å². The molecule has 0 fully saturated rings. The number of amides is 1. The second-order valence-electron chi connectivity index (χ2n) is 11.0. The van der Waals surface area contributed by atoms with E-state index < -0.39 is 23.7 Å². The van der Waals surface area contributed by atoms with Gasteiger partial charge in [-0.05, 0) is 70.0 Å². The molecule has 45 heavy (non-hydrogen) atoms. The van der Waals surface area contributed by atoms with Crippen LogP contribution in [0, 0.1) is 13.8 Å². The summed E-state index contributed by atoms with van der Waals surface area (Å²) < 4.78 is 43.7. The molecule has 5 aromatic rings. The number of alkyl halides is 3. The predicted molar refractivity (Wildman–Crippen MR) is 163 cm³/mol. The number of nitrogens with one attached hydrogen (secondary N) is 1. The lowest BCUT2D eigenvalue weighted by molar-refractivity contribution is -0.138. The fourth-order valence-electron chi connectivity index (χ4n) is 5.58. The van der Waals surface area contributed by atoms with E-state index >= 15 is 0 Å². The molecule has 6 rings (SSSR count). The Bertz CT molecular complexity index is 2000. The molecular weight excluding hydrogens is 653 g/mol. The summed E-state index contributed by atoms with van der Waals surface area (Å²) in [5.41, 5.74) is 3.93. The maximum atomic E-state index is 14.3. The molecule has 2 aromatic carbocycles. The Hall–Kier alpha value is -4.59. The molecule has 1 aliphatic heterocycles. The number of nitrogens with zero attached hydrogens (tertiary/aromatic N) is 7. The number of aromatic amines is 1. The third kappa shape index (κ3) is 5.47. The van der Waals surface area contributed by atoms with E-state index in [4.69, 9.17) is 4.98 Å². The number of aryl methyl sites for hydroxylation is 3. The molecular formula is C31H28BrF3N8O2. The maximum absolute atomic E-state index is 14.3. The Morgan fingerprint density at radius 3 is 2.47 bits per heavy atom. The number of fused-ring (bicyclic) bond motifs is 1. The second-order valence-corrected chi connectivity index (χ2v) is 11.9. The summed E-state index contributed by atoms with van der Waals surface area (Å²) >= 11 is 2.93. The molecule has 0 radical (unpaired) electrons. The monoisotopic (exact) mass is 680 g/mol. The number of aromatic nitrogens is 7. The molecule has 1 atom stereocenters. The van der Waals surface area contributed by atoms with Gasteiger partial charge in [-0.1, -0.05) is 40.2 Å². The zero-order chi connectivity index (χ0) is 32.2. The van der Waals surface area contributed by atoms with E-state index in [1.54, 1.807) is 11.6 Å². The number of benzene rings is 2. The average Bonchev–Trinajstić information content (AvgIpc) is 3.61. The highest BCUT2D eigenvalue weighted by Crippen LogP contribution is 2.36. The van der Waals surface area contributed by atoms with Gasteiger partial charge in [-0.25, -0.2) is 14.2 Å². The molecule has 1 N–H and O–H groups in total. The molecule has 0 saturated heterocycles. The van der Waals surface area contributed by atoms with Gasteiger partial charge >= 0.3 is 6.18 Å². The van der Waals surface area contributed by atoms with Gasteiger partial charge in [0.25, 0.3) is 11.5 Å². The highest BCUT2D eigenvalue weighted by atomic mass is 79.9.